The van der Waals surface area contributed by atoms with Crippen LogP contribution >= 0.6 is 0 Å². The Hall–Kier alpha value is -1.36. The van der Waals surface area contributed by atoms with Gasteiger partial charge in [-0.05, 0) is 32.1 Å². The third-order valence-corrected chi connectivity index (χ3v) is 4.53. The number of carboxylic acids is 1. The van der Waals surface area contributed by atoms with Crippen LogP contribution in [0.1, 0.15) is 96.8 Å². The molecule has 0 saturated heterocycles. The van der Waals surface area contributed by atoms with Gasteiger partial charge >= 0.3 is 5.97 Å². The standard InChI is InChI=1S/C21H40N2O3/c1-2-3-4-5-6-7-8-9-10-11-12-13-14-15-16-17-20(24)23-19(18-22)21(25)26/h9-10,19H,2-8,11-18,22H2,1H3,(H,23,24)(H,25,26)/t19-/m0/s1. The van der Waals surface area contributed by atoms with Crippen molar-refractivity contribution in [1.29, 1.82) is 0 Å². The highest BCUT2D eigenvalue weighted by Crippen LogP contribution is 2.10. The third kappa shape index (κ3) is 16.1. The summed E-state index contributed by atoms with van der Waals surface area (Å²) in [6, 6.07) is -0.967. The molecule has 0 unspecified atom stereocenters. The summed E-state index contributed by atoms with van der Waals surface area (Å²) >= 11 is 0. The van der Waals surface area contributed by atoms with Gasteiger partial charge < -0.3 is 16.2 Å². The van der Waals surface area contributed by atoms with Gasteiger partial charge in [-0.3, -0.25) is 4.79 Å². The predicted molar refractivity (Wildman–Crippen MR) is 108 cm³/mol. The van der Waals surface area contributed by atoms with Gasteiger partial charge in [0.2, 0.25) is 5.91 Å². The summed E-state index contributed by atoms with van der Waals surface area (Å²) in [5, 5.41) is 11.3. The van der Waals surface area contributed by atoms with Crippen LogP contribution in [0, 0.1) is 0 Å². The lowest BCUT2D eigenvalue weighted by molar-refractivity contribution is -0.141. The highest BCUT2D eigenvalue weighted by Gasteiger charge is 2.17. The quantitative estimate of drug-likeness (QED) is 0.244. The van der Waals surface area contributed by atoms with Gasteiger partial charge in [0.1, 0.15) is 6.04 Å². The van der Waals surface area contributed by atoms with E-state index in [9.17, 15) is 9.59 Å². The van der Waals surface area contributed by atoms with Crippen LogP contribution in [0.4, 0.5) is 0 Å². The topological polar surface area (TPSA) is 92.4 Å². The van der Waals surface area contributed by atoms with E-state index in [1.54, 1.807) is 0 Å². The SMILES string of the molecule is CCCCCCCCC=CCCCCCCCC(=O)N[C@@H](CN)C(=O)O. The van der Waals surface area contributed by atoms with Crippen molar-refractivity contribution < 1.29 is 14.7 Å². The number of aliphatic carboxylic acids is 1. The third-order valence-electron chi connectivity index (χ3n) is 4.53. The maximum atomic E-state index is 11.6. The average Bonchev–Trinajstić information content (AvgIpc) is 2.62. The summed E-state index contributed by atoms with van der Waals surface area (Å²) < 4.78 is 0. The molecule has 0 rings (SSSR count). The first-order valence-corrected chi connectivity index (χ1v) is 10.5. The number of carbonyl (C=O) groups is 2. The normalized spacial score (nSPS) is 12.4. The maximum Gasteiger partial charge on any atom is 0.327 e. The van der Waals surface area contributed by atoms with Crippen LogP contribution in [0.2, 0.25) is 0 Å². The van der Waals surface area contributed by atoms with Gasteiger partial charge in [-0.2, -0.15) is 0 Å². The Bertz CT molecular complexity index is 383. The Balaban J connectivity index is 3.36. The van der Waals surface area contributed by atoms with Crippen LogP contribution in [-0.4, -0.2) is 29.6 Å². The number of allylic oxidation sites excluding steroid dienone is 2. The summed E-state index contributed by atoms with van der Waals surface area (Å²) in [6.07, 6.45) is 20.8. The summed E-state index contributed by atoms with van der Waals surface area (Å²) in [7, 11) is 0. The van der Waals surface area contributed by atoms with Gasteiger partial charge in [-0.1, -0.05) is 70.4 Å². The van der Waals surface area contributed by atoms with E-state index in [4.69, 9.17) is 10.8 Å². The van der Waals surface area contributed by atoms with E-state index in [1.807, 2.05) is 0 Å². The Kier molecular flexibility index (Phi) is 17.5. The minimum atomic E-state index is -1.08. The molecule has 152 valence electrons. The van der Waals surface area contributed by atoms with Crippen molar-refractivity contribution in [3.05, 3.63) is 12.2 Å². The lowest BCUT2D eigenvalue weighted by Gasteiger charge is -2.11. The summed E-state index contributed by atoms with van der Waals surface area (Å²) in [6.45, 7) is 2.17. The van der Waals surface area contributed by atoms with Gasteiger partial charge in [0.05, 0.1) is 0 Å². The monoisotopic (exact) mass is 368 g/mol. The molecule has 0 heterocycles. The number of nitrogens with one attached hydrogen (secondary N) is 1. The van der Waals surface area contributed by atoms with E-state index in [-0.39, 0.29) is 12.5 Å². The van der Waals surface area contributed by atoms with Crippen molar-refractivity contribution in [1.82, 2.24) is 5.32 Å². The molecule has 0 aromatic carbocycles. The van der Waals surface area contributed by atoms with Crippen LogP contribution < -0.4 is 11.1 Å². The largest absolute Gasteiger partial charge is 0.480 e. The number of hydrogen-bond acceptors (Lipinski definition) is 3. The summed E-state index contributed by atoms with van der Waals surface area (Å²) in [5.74, 6) is -1.30. The molecule has 0 saturated carbocycles. The molecule has 5 heteroatoms. The number of nitrogens with two attached hydrogens (primary N) is 1. The van der Waals surface area contributed by atoms with E-state index in [0.29, 0.717) is 6.42 Å². The Morgan fingerprint density at radius 2 is 1.38 bits per heavy atom. The molecule has 0 aromatic heterocycles. The van der Waals surface area contributed by atoms with Crippen LogP contribution in [0.5, 0.6) is 0 Å². The molecule has 0 aliphatic carbocycles. The first kappa shape index (κ1) is 24.6. The molecule has 1 amide bonds. The smallest absolute Gasteiger partial charge is 0.327 e. The van der Waals surface area contributed by atoms with Gasteiger partial charge in [0.15, 0.2) is 0 Å². The Morgan fingerprint density at radius 1 is 0.885 bits per heavy atom. The van der Waals surface area contributed by atoms with E-state index >= 15 is 0 Å². The highest BCUT2D eigenvalue weighted by molar-refractivity contribution is 5.83. The highest BCUT2D eigenvalue weighted by atomic mass is 16.4. The number of carboxylic acid groups (broad SMARTS) is 1. The molecule has 0 bridgehead atoms. The fraction of sp³-hybridized carbons (Fsp3) is 0.810. The number of amides is 1. The van der Waals surface area contributed by atoms with E-state index in [0.717, 1.165) is 25.7 Å². The van der Waals surface area contributed by atoms with Crippen LogP contribution in [0.3, 0.4) is 0 Å². The van der Waals surface area contributed by atoms with Crippen molar-refractivity contribution in [2.75, 3.05) is 6.54 Å². The van der Waals surface area contributed by atoms with Crippen LogP contribution in [0.15, 0.2) is 12.2 Å². The molecular weight excluding hydrogens is 328 g/mol. The predicted octanol–water partition coefficient (Wildman–Crippen LogP) is 4.55. The number of rotatable bonds is 18. The van der Waals surface area contributed by atoms with Gasteiger partial charge in [0.25, 0.3) is 0 Å². The molecule has 1 atom stereocenters. The van der Waals surface area contributed by atoms with Gasteiger partial charge in [-0.25, -0.2) is 4.79 Å². The van der Waals surface area contributed by atoms with E-state index in [1.165, 1.54) is 57.8 Å². The first-order chi connectivity index (χ1) is 12.6. The first-order valence-electron chi connectivity index (χ1n) is 10.5. The van der Waals surface area contributed by atoms with Crippen molar-refractivity contribution in [3.63, 3.8) is 0 Å². The van der Waals surface area contributed by atoms with Crippen molar-refractivity contribution in [2.45, 2.75) is 103 Å². The number of carbonyl (C=O) groups excluding carboxylic acids is 1. The minimum absolute atomic E-state index is 0.0759. The van der Waals surface area contributed by atoms with Crippen molar-refractivity contribution in [3.8, 4) is 0 Å². The second kappa shape index (κ2) is 18.4. The summed E-state index contributed by atoms with van der Waals surface area (Å²) in [5.41, 5.74) is 5.31. The second-order valence-corrected chi connectivity index (χ2v) is 7.03. The molecule has 0 aliphatic rings. The van der Waals surface area contributed by atoms with Crippen molar-refractivity contribution in [2.24, 2.45) is 5.73 Å². The minimum Gasteiger partial charge on any atom is -0.480 e. The molecule has 5 nitrogen and oxygen atoms in total. The molecule has 0 spiro atoms. The molecule has 0 fully saturated rings. The van der Waals surface area contributed by atoms with Gasteiger partial charge in [-0.15, -0.1) is 0 Å². The zero-order valence-corrected chi connectivity index (χ0v) is 16.7. The molecule has 0 radical (unpaired) electrons. The fourth-order valence-corrected chi connectivity index (χ4v) is 2.84. The second-order valence-electron chi connectivity index (χ2n) is 7.03. The zero-order valence-electron chi connectivity index (χ0n) is 16.7. The molecular formula is C21H40N2O3. The van der Waals surface area contributed by atoms with Gasteiger partial charge in [0, 0.05) is 13.0 Å². The molecule has 0 aliphatic heterocycles. The maximum absolute atomic E-state index is 11.6. The summed E-state index contributed by atoms with van der Waals surface area (Å²) in [4.78, 5) is 22.4. The Morgan fingerprint density at radius 3 is 1.88 bits per heavy atom. The number of unbranched alkanes of at least 4 members (excludes halogenated alkanes) is 11. The molecule has 26 heavy (non-hydrogen) atoms. The zero-order chi connectivity index (χ0) is 19.5. The van der Waals surface area contributed by atoms with Crippen LogP contribution in [0.25, 0.3) is 0 Å². The number of hydrogen-bond donors (Lipinski definition) is 3. The molecule has 4 N–H and O–H groups in total. The molecule has 0 aromatic rings. The van der Waals surface area contributed by atoms with Crippen LogP contribution in [-0.2, 0) is 9.59 Å². The van der Waals surface area contributed by atoms with E-state index in [2.05, 4.69) is 24.4 Å². The van der Waals surface area contributed by atoms with Crippen molar-refractivity contribution >= 4 is 11.9 Å². The van der Waals surface area contributed by atoms with E-state index < -0.39 is 12.0 Å². The Labute approximate surface area is 159 Å². The lowest BCUT2D eigenvalue weighted by Crippen LogP contribution is -2.45. The lowest BCUT2D eigenvalue weighted by atomic mass is 10.1. The fourth-order valence-electron chi connectivity index (χ4n) is 2.84. The average molecular weight is 369 g/mol.